The minimum absolute atomic E-state index is 0.0145. The van der Waals surface area contributed by atoms with Gasteiger partial charge in [0.25, 0.3) is 0 Å². The van der Waals surface area contributed by atoms with Crippen molar-refractivity contribution >= 4 is 11.6 Å². The molecule has 0 bridgehead atoms. The summed E-state index contributed by atoms with van der Waals surface area (Å²) in [4.78, 5) is 0. The van der Waals surface area contributed by atoms with Crippen molar-refractivity contribution in [2.24, 2.45) is 0 Å². The molecule has 0 aliphatic carbocycles. The van der Waals surface area contributed by atoms with Crippen molar-refractivity contribution in [1.29, 1.82) is 0 Å². The topological polar surface area (TPSA) is 18.5 Å². The Balaban J connectivity index is 2.94. The minimum atomic E-state index is -0.0145. The molecule has 1 aromatic carbocycles. The lowest BCUT2D eigenvalue weighted by atomic mass is 10.1. The van der Waals surface area contributed by atoms with Gasteiger partial charge in [-0.15, -0.1) is 0 Å². The van der Waals surface area contributed by atoms with Gasteiger partial charge in [-0.3, -0.25) is 0 Å². The summed E-state index contributed by atoms with van der Waals surface area (Å²) in [7, 11) is 0. The van der Waals surface area contributed by atoms with Gasteiger partial charge < -0.3 is 9.47 Å². The fourth-order valence-corrected chi connectivity index (χ4v) is 2.16. The minimum Gasteiger partial charge on any atom is -0.494 e. The highest BCUT2D eigenvalue weighted by Crippen LogP contribution is 2.32. The average molecular weight is 283 g/mol. The van der Waals surface area contributed by atoms with E-state index in [1.54, 1.807) is 0 Å². The molecule has 19 heavy (non-hydrogen) atoms. The summed E-state index contributed by atoms with van der Waals surface area (Å²) in [5, 5.41) is 0.695. The molecule has 106 valence electrons. The lowest BCUT2D eigenvalue weighted by Crippen LogP contribution is -2.10. The highest BCUT2D eigenvalue weighted by molar-refractivity contribution is 6.31. The Kier molecular flexibility index (Phi) is 6.96. The van der Waals surface area contributed by atoms with Crippen molar-refractivity contribution in [1.82, 2.24) is 0 Å². The molecule has 0 saturated carbocycles. The summed E-state index contributed by atoms with van der Waals surface area (Å²) in [6, 6.07) is 5.79. The van der Waals surface area contributed by atoms with Crippen LogP contribution >= 0.6 is 11.6 Å². The van der Waals surface area contributed by atoms with Crippen LogP contribution in [-0.2, 0) is 4.74 Å². The molecule has 2 nitrogen and oxygen atoms in total. The molecule has 0 saturated heterocycles. The van der Waals surface area contributed by atoms with Crippen molar-refractivity contribution < 1.29 is 9.47 Å². The molecule has 0 aliphatic rings. The molecule has 0 aromatic heterocycles. The van der Waals surface area contributed by atoms with Crippen LogP contribution in [0.3, 0.4) is 0 Å². The first-order chi connectivity index (χ1) is 9.08. The Morgan fingerprint density at radius 2 is 2.05 bits per heavy atom. The van der Waals surface area contributed by atoms with E-state index in [1.807, 2.05) is 52.0 Å². The number of ether oxygens (including phenoxy) is 2. The first kappa shape index (κ1) is 16.1. The van der Waals surface area contributed by atoms with E-state index >= 15 is 0 Å². The van der Waals surface area contributed by atoms with Crippen LogP contribution in [0, 0.1) is 0 Å². The first-order valence-electron chi connectivity index (χ1n) is 6.77. The fourth-order valence-electron chi connectivity index (χ4n) is 1.87. The third-order valence-electron chi connectivity index (χ3n) is 2.65. The van der Waals surface area contributed by atoms with Crippen LogP contribution in [0.5, 0.6) is 5.75 Å². The SMILES string of the molecule is C/C=C/CC(OC(C)C)c1ccc(OCC)cc1Cl. The van der Waals surface area contributed by atoms with Gasteiger partial charge in [0.15, 0.2) is 0 Å². The van der Waals surface area contributed by atoms with Gasteiger partial charge >= 0.3 is 0 Å². The molecular weight excluding hydrogens is 260 g/mol. The van der Waals surface area contributed by atoms with Crippen LogP contribution in [0.2, 0.25) is 5.02 Å². The van der Waals surface area contributed by atoms with Gasteiger partial charge in [-0.25, -0.2) is 0 Å². The Labute approximate surface area is 121 Å². The van der Waals surface area contributed by atoms with E-state index in [0.717, 1.165) is 17.7 Å². The molecule has 0 amide bonds. The van der Waals surface area contributed by atoms with E-state index < -0.39 is 0 Å². The summed E-state index contributed by atoms with van der Waals surface area (Å²) in [6.07, 6.45) is 5.10. The van der Waals surface area contributed by atoms with Crippen LogP contribution < -0.4 is 4.74 Å². The number of benzene rings is 1. The molecule has 0 spiro atoms. The second kappa shape index (κ2) is 8.23. The first-order valence-corrected chi connectivity index (χ1v) is 7.15. The average Bonchev–Trinajstić information content (AvgIpc) is 2.35. The van der Waals surface area contributed by atoms with Gasteiger partial charge in [0.1, 0.15) is 5.75 Å². The molecule has 0 heterocycles. The molecule has 0 aliphatic heterocycles. The maximum atomic E-state index is 6.34. The number of halogens is 1. The Hall–Kier alpha value is -0.990. The quantitative estimate of drug-likeness (QED) is 0.642. The van der Waals surface area contributed by atoms with Crippen molar-refractivity contribution in [3.8, 4) is 5.75 Å². The number of allylic oxidation sites excluding steroid dienone is 1. The molecule has 0 fully saturated rings. The molecular formula is C16H23ClO2. The van der Waals surface area contributed by atoms with E-state index in [2.05, 4.69) is 6.08 Å². The zero-order valence-corrected chi connectivity index (χ0v) is 12.9. The second-order valence-electron chi connectivity index (χ2n) is 4.59. The van der Waals surface area contributed by atoms with Crippen molar-refractivity contribution in [2.75, 3.05) is 6.61 Å². The number of rotatable bonds is 7. The zero-order chi connectivity index (χ0) is 14.3. The molecule has 1 aromatic rings. The molecule has 0 N–H and O–H groups in total. The maximum absolute atomic E-state index is 6.34. The lowest BCUT2D eigenvalue weighted by Gasteiger charge is -2.21. The predicted molar refractivity (Wildman–Crippen MR) is 81.0 cm³/mol. The summed E-state index contributed by atoms with van der Waals surface area (Å²) in [6.45, 7) is 8.67. The number of hydrogen-bond acceptors (Lipinski definition) is 2. The van der Waals surface area contributed by atoms with Gasteiger partial charge in [0.05, 0.1) is 23.8 Å². The van der Waals surface area contributed by atoms with Crippen LogP contribution in [0.25, 0.3) is 0 Å². The predicted octanol–water partition coefficient (Wildman–Crippen LogP) is 5.17. The molecule has 0 radical (unpaired) electrons. The largest absolute Gasteiger partial charge is 0.494 e. The normalized spacial score (nSPS) is 13.2. The smallest absolute Gasteiger partial charge is 0.120 e. The van der Waals surface area contributed by atoms with Crippen LogP contribution in [-0.4, -0.2) is 12.7 Å². The van der Waals surface area contributed by atoms with E-state index in [4.69, 9.17) is 21.1 Å². The number of hydrogen-bond donors (Lipinski definition) is 0. The zero-order valence-electron chi connectivity index (χ0n) is 12.2. The highest BCUT2D eigenvalue weighted by atomic mass is 35.5. The molecule has 1 rings (SSSR count). The van der Waals surface area contributed by atoms with Gasteiger partial charge in [0.2, 0.25) is 0 Å². The van der Waals surface area contributed by atoms with Gasteiger partial charge in [-0.1, -0.05) is 29.8 Å². The van der Waals surface area contributed by atoms with E-state index in [-0.39, 0.29) is 12.2 Å². The third kappa shape index (κ3) is 5.25. The van der Waals surface area contributed by atoms with E-state index in [0.29, 0.717) is 11.6 Å². The third-order valence-corrected chi connectivity index (χ3v) is 2.98. The standard InChI is InChI=1S/C16H23ClO2/c1-5-7-8-16(19-12(3)4)14-10-9-13(18-6-2)11-15(14)17/h5,7,9-12,16H,6,8H2,1-4H3/b7-5+. The summed E-state index contributed by atoms with van der Waals surface area (Å²) in [5.41, 5.74) is 1.01. The fraction of sp³-hybridized carbons (Fsp3) is 0.500. The maximum Gasteiger partial charge on any atom is 0.120 e. The molecule has 1 unspecified atom stereocenters. The second-order valence-corrected chi connectivity index (χ2v) is 5.00. The Morgan fingerprint density at radius 1 is 1.32 bits per heavy atom. The Morgan fingerprint density at radius 3 is 2.58 bits per heavy atom. The van der Waals surface area contributed by atoms with Crippen LogP contribution in [0.1, 0.15) is 45.8 Å². The van der Waals surface area contributed by atoms with E-state index in [9.17, 15) is 0 Å². The van der Waals surface area contributed by atoms with Gasteiger partial charge in [0, 0.05) is 0 Å². The molecule has 1 atom stereocenters. The Bertz CT molecular complexity index is 413. The summed E-state index contributed by atoms with van der Waals surface area (Å²) in [5.74, 6) is 0.797. The molecule has 3 heteroatoms. The van der Waals surface area contributed by atoms with Crippen molar-refractivity contribution in [3.63, 3.8) is 0 Å². The monoisotopic (exact) mass is 282 g/mol. The summed E-state index contributed by atoms with van der Waals surface area (Å²) < 4.78 is 11.4. The van der Waals surface area contributed by atoms with Crippen LogP contribution in [0.15, 0.2) is 30.4 Å². The van der Waals surface area contributed by atoms with Crippen molar-refractivity contribution in [3.05, 3.63) is 40.9 Å². The van der Waals surface area contributed by atoms with Gasteiger partial charge in [-0.2, -0.15) is 0 Å². The lowest BCUT2D eigenvalue weighted by molar-refractivity contribution is 0.00841. The van der Waals surface area contributed by atoms with Gasteiger partial charge in [-0.05, 0) is 51.8 Å². The van der Waals surface area contributed by atoms with Crippen LogP contribution in [0.4, 0.5) is 0 Å². The highest BCUT2D eigenvalue weighted by Gasteiger charge is 2.16. The van der Waals surface area contributed by atoms with Crippen molar-refractivity contribution in [2.45, 2.75) is 46.3 Å². The summed E-state index contributed by atoms with van der Waals surface area (Å²) >= 11 is 6.34. The van der Waals surface area contributed by atoms with E-state index in [1.165, 1.54) is 0 Å².